The average Bonchev–Trinajstić information content (AvgIpc) is 3.13. The molecule has 0 aliphatic heterocycles. The first-order chi connectivity index (χ1) is 12.4. The van der Waals surface area contributed by atoms with Gasteiger partial charge in [0, 0.05) is 26.2 Å². The third-order valence-corrected chi connectivity index (χ3v) is 4.96. The molecule has 0 aromatic carbocycles. The average molecular weight is 496 g/mol. The first kappa shape index (κ1) is 26.4. The Balaban J connectivity index is 0.00000676. The van der Waals surface area contributed by atoms with Crippen LogP contribution in [0.5, 0.6) is 0 Å². The Morgan fingerprint density at radius 3 is 2.30 bits per heavy atom. The molecule has 27 heavy (non-hydrogen) atoms. The van der Waals surface area contributed by atoms with Crippen LogP contribution in [-0.4, -0.2) is 50.8 Å². The number of carbonyl (C=O) groups is 1. The molecule has 1 aliphatic rings. The van der Waals surface area contributed by atoms with Gasteiger partial charge in [0.15, 0.2) is 5.96 Å². The van der Waals surface area contributed by atoms with Crippen molar-refractivity contribution >= 4 is 35.8 Å². The maximum Gasteiger partial charge on any atom is 0.227 e. The van der Waals surface area contributed by atoms with Crippen molar-refractivity contribution in [2.45, 2.75) is 72.8 Å². The molecule has 0 saturated heterocycles. The number of halogens is 1. The van der Waals surface area contributed by atoms with Crippen LogP contribution in [0.2, 0.25) is 0 Å². The molecule has 3 N–H and O–H groups in total. The standard InChI is InChI=1S/C20H40N4O2.HI/c1-6-21-18(25)20(4,5)15-24-19(22-7-2)23-14-13-17(26-8-3)16-11-9-10-12-16;/h16-17H,6-15H2,1-5H3,(H,21,25)(H2,22,23,24);1H. The molecular formula is C20H41IN4O2. The summed E-state index contributed by atoms with van der Waals surface area (Å²) >= 11 is 0. The molecule has 7 heteroatoms. The van der Waals surface area contributed by atoms with Gasteiger partial charge in [-0.2, -0.15) is 0 Å². The quantitative estimate of drug-likeness (QED) is 0.233. The van der Waals surface area contributed by atoms with Crippen LogP contribution in [-0.2, 0) is 9.53 Å². The summed E-state index contributed by atoms with van der Waals surface area (Å²) in [5.74, 6) is 1.51. The molecule has 0 spiro atoms. The predicted octanol–water partition coefficient (Wildman–Crippen LogP) is 3.31. The van der Waals surface area contributed by atoms with E-state index in [0.29, 0.717) is 25.1 Å². The Hall–Kier alpha value is -0.570. The zero-order chi connectivity index (χ0) is 19.4. The Kier molecular flexibility index (Phi) is 14.1. The molecule has 0 aromatic heterocycles. The number of hydrogen-bond donors (Lipinski definition) is 3. The van der Waals surface area contributed by atoms with E-state index in [9.17, 15) is 4.79 Å². The largest absolute Gasteiger partial charge is 0.378 e. The van der Waals surface area contributed by atoms with Crippen LogP contribution in [0.1, 0.15) is 66.7 Å². The molecule has 6 nitrogen and oxygen atoms in total. The van der Waals surface area contributed by atoms with Crippen molar-refractivity contribution in [3.8, 4) is 0 Å². The highest BCUT2D eigenvalue weighted by Gasteiger charge is 2.27. The zero-order valence-electron chi connectivity index (χ0n) is 17.9. The normalized spacial score (nSPS) is 16.6. The summed E-state index contributed by atoms with van der Waals surface area (Å²) in [6.07, 6.45) is 6.58. The predicted molar refractivity (Wildman–Crippen MR) is 124 cm³/mol. The molecule has 0 bridgehead atoms. The number of aliphatic imine (C=N–C) groups is 1. The van der Waals surface area contributed by atoms with Gasteiger partial charge < -0.3 is 20.7 Å². The summed E-state index contributed by atoms with van der Waals surface area (Å²) in [7, 11) is 0. The molecule has 1 rings (SSSR count). The minimum atomic E-state index is -0.518. The van der Waals surface area contributed by atoms with E-state index in [2.05, 4.69) is 27.9 Å². The topological polar surface area (TPSA) is 74.8 Å². The van der Waals surface area contributed by atoms with Crippen LogP contribution in [0.3, 0.4) is 0 Å². The SMILES string of the molecule is CCNC(=O)C(C)(C)CN=C(NCC)NCCC(OCC)C1CCCC1.I. The highest BCUT2D eigenvalue weighted by Crippen LogP contribution is 2.30. The van der Waals surface area contributed by atoms with E-state index in [1.807, 2.05) is 27.7 Å². The fraction of sp³-hybridized carbons (Fsp3) is 0.900. The molecule has 1 fully saturated rings. The molecule has 160 valence electrons. The summed E-state index contributed by atoms with van der Waals surface area (Å²) in [4.78, 5) is 16.7. The smallest absolute Gasteiger partial charge is 0.227 e. The highest BCUT2D eigenvalue weighted by molar-refractivity contribution is 14.0. The second-order valence-electron chi connectivity index (χ2n) is 7.69. The van der Waals surface area contributed by atoms with Gasteiger partial charge in [-0.1, -0.05) is 12.8 Å². The molecule has 1 aliphatic carbocycles. The highest BCUT2D eigenvalue weighted by atomic mass is 127. The van der Waals surface area contributed by atoms with Gasteiger partial charge >= 0.3 is 0 Å². The molecule has 1 unspecified atom stereocenters. The lowest BCUT2D eigenvalue weighted by Gasteiger charge is -2.24. The van der Waals surface area contributed by atoms with E-state index in [1.54, 1.807) is 0 Å². The minimum Gasteiger partial charge on any atom is -0.378 e. The number of rotatable bonds is 11. The molecular weight excluding hydrogens is 455 g/mol. The van der Waals surface area contributed by atoms with Crippen molar-refractivity contribution in [2.75, 3.05) is 32.8 Å². The second-order valence-corrected chi connectivity index (χ2v) is 7.69. The van der Waals surface area contributed by atoms with E-state index in [-0.39, 0.29) is 29.9 Å². The maximum atomic E-state index is 12.1. The van der Waals surface area contributed by atoms with Crippen molar-refractivity contribution in [3.05, 3.63) is 0 Å². The third kappa shape index (κ3) is 9.96. The van der Waals surface area contributed by atoms with Gasteiger partial charge in [-0.05, 0) is 59.8 Å². The van der Waals surface area contributed by atoms with Crippen molar-refractivity contribution in [1.29, 1.82) is 0 Å². The van der Waals surface area contributed by atoms with E-state index in [1.165, 1.54) is 25.7 Å². The molecule has 1 saturated carbocycles. The van der Waals surface area contributed by atoms with Gasteiger partial charge in [-0.25, -0.2) is 0 Å². The lowest BCUT2D eigenvalue weighted by Crippen LogP contribution is -2.42. The zero-order valence-corrected chi connectivity index (χ0v) is 20.2. The first-order valence-corrected chi connectivity index (χ1v) is 10.4. The maximum absolute atomic E-state index is 12.1. The van der Waals surface area contributed by atoms with Crippen LogP contribution < -0.4 is 16.0 Å². The molecule has 0 heterocycles. The number of ether oxygens (including phenoxy) is 1. The fourth-order valence-corrected chi connectivity index (χ4v) is 3.42. The van der Waals surface area contributed by atoms with Crippen molar-refractivity contribution in [2.24, 2.45) is 16.3 Å². The van der Waals surface area contributed by atoms with Gasteiger partial charge in [0.25, 0.3) is 0 Å². The summed E-state index contributed by atoms with van der Waals surface area (Å²) in [6.45, 7) is 13.4. The van der Waals surface area contributed by atoms with Crippen LogP contribution in [0.25, 0.3) is 0 Å². The van der Waals surface area contributed by atoms with E-state index < -0.39 is 5.41 Å². The van der Waals surface area contributed by atoms with E-state index >= 15 is 0 Å². The number of hydrogen-bond acceptors (Lipinski definition) is 3. The number of guanidine groups is 1. The van der Waals surface area contributed by atoms with Crippen molar-refractivity contribution in [3.63, 3.8) is 0 Å². The van der Waals surface area contributed by atoms with E-state index in [0.717, 1.165) is 32.1 Å². The van der Waals surface area contributed by atoms with Crippen LogP contribution >= 0.6 is 24.0 Å². The molecule has 1 amide bonds. The Labute approximate surface area is 183 Å². The van der Waals surface area contributed by atoms with Gasteiger partial charge in [0.05, 0.1) is 18.1 Å². The number of amides is 1. The van der Waals surface area contributed by atoms with Crippen LogP contribution in [0, 0.1) is 11.3 Å². The fourth-order valence-electron chi connectivity index (χ4n) is 3.42. The number of nitrogens with zero attached hydrogens (tertiary/aromatic N) is 1. The van der Waals surface area contributed by atoms with Gasteiger partial charge in [0.2, 0.25) is 5.91 Å². The van der Waals surface area contributed by atoms with E-state index in [4.69, 9.17) is 4.74 Å². The lowest BCUT2D eigenvalue weighted by molar-refractivity contribution is -0.128. The second kappa shape index (κ2) is 14.4. The summed E-state index contributed by atoms with van der Waals surface area (Å²) in [5, 5.41) is 9.55. The third-order valence-electron chi connectivity index (χ3n) is 4.96. The van der Waals surface area contributed by atoms with Crippen LogP contribution in [0.15, 0.2) is 4.99 Å². The number of nitrogens with one attached hydrogen (secondary N) is 3. The summed E-state index contributed by atoms with van der Waals surface area (Å²) < 4.78 is 5.99. The van der Waals surface area contributed by atoms with Crippen LogP contribution in [0.4, 0.5) is 0 Å². The van der Waals surface area contributed by atoms with Gasteiger partial charge in [-0.3, -0.25) is 9.79 Å². The minimum absolute atomic E-state index is 0. The summed E-state index contributed by atoms with van der Waals surface area (Å²) in [6, 6.07) is 0. The van der Waals surface area contributed by atoms with Gasteiger partial charge in [-0.15, -0.1) is 24.0 Å². The Bertz CT molecular complexity index is 438. The number of carbonyl (C=O) groups excluding carboxylic acids is 1. The Morgan fingerprint density at radius 1 is 1.11 bits per heavy atom. The molecule has 1 atom stereocenters. The molecule has 0 radical (unpaired) electrons. The summed E-state index contributed by atoms with van der Waals surface area (Å²) in [5.41, 5.74) is -0.518. The monoisotopic (exact) mass is 496 g/mol. The van der Waals surface area contributed by atoms with Gasteiger partial charge in [0.1, 0.15) is 0 Å². The Morgan fingerprint density at radius 2 is 1.74 bits per heavy atom. The lowest BCUT2D eigenvalue weighted by atomic mass is 9.92. The molecule has 0 aromatic rings. The van der Waals surface area contributed by atoms with Crippen molar-refractivity contribution in [1.82, 2.24) is 16.0 Å². The van der Waals surface area contributed by atoms with Crippen molar-refractivity contribution < 1.29 is 9.53 Å². The first-order valence-electron chi connectivity index (χ1n) is 10.4.